The number of aliphatic hydroxyl groups is 1. The number of amides is 2. The Hall–Kier alpha value is -1.88. The number of nitrogens with one attached hydrogen (secondary N) is 1. The van der Waals surface area contributed by atoms with Gasteiger partial charge in [-0.1, -0.05) is 13.8 Å². The van der Waals surface area contributed by atoms with Crippen molar-refractivity contribution in [1.29, 1.82) is 0 Å². The van der Waals surface area contributed by atoms with E-state index in [9.17, 15) is 9.59 Å². The molecular weight excluding hydrogens is 292 g/mol. The first-order valence-electron chi connectivity index (χ1n) is 8.30. The summed E-state index contributed by atoms with van der Waals surface area (Å²) < 4.78 is 0. The van der Waals surface area contributed by atoms with E-state index >= 15 is 0 Å². The van der Waals surface area contributed by atoms with E-state index in [2.05, 4.69) is 5.32 Å². The molecule has 0 saturated heterocycles. The number of fused-ring (bicyclic) bond motifs is 1. The van der Waals surface area contributed by atoms with Crippen LogP contribution >= 0.6 is 0 Å². The van der Waals surface area contributed by atoms with Crippen molar-refractivity contribution in [2.45, 2.75) is 52.0 Å². The summed E-state index contributed by atoms with van der Waals surface area (Å²) in [5, 5.41) is 12.2. The highest BCUT2D eigenvalue weighted by atomic mass is 16.3. The van der Waals surface area contributed by atoms with Crippen LogP contribution in [-0.2, 0) is 11.2 Å². The van der Waals surface area contributed by atoms with Gasteiger partial charge >= 0.3 is 0 Å². The van der Waals surface area contributed by atoms with Crippen LogP contribution in [0.25, 0.3) is 0 Å². The molecule has 5 nitrogen and oxygen atoms in total. The van der Waals surface area contributed by atoms with Crippen molar-refractivity contribution in [3.8, 4) is 0 Å². The van der Waals surface area contributed by atoms with Gasteiger partial charge < -0.3 is 15.3 Å². The first-order valence-corrected chi connectivity index (χ1v) is 8.30. The summed E-state index contributed by atoms with van der Waals surface area (Å²) in [5.74, 6) is -0.0201. The van der Waals surface area contributed by atoms with E-state index in [0.717, 1.165) is 24.1 Å². The highest BCUT2D eigenvalue weighted by Crippen LogP contribution is 2.29. The first kappa shape index (κ1) is 17.5. The van der Waals surface area contributed by atoms with Crippen molar-refractivity contribution < 1.29 is 14.7 Å². The summed E-state index contributed by atoms with van der Waals surface area (Å²) >= 11 is 0. The van der Waals surface area contributed by atoms with E-state index in [1.54, 1.807) is 11.0 Å². The largest absolute Gasteiger partial charge is 0.396 e. The second-order valence-corrected chi connectivity index (χ2v) is 6.33. The van der Waals surface area contributed by atoms with E-state index in [-0.39, 0.29) is 18.4 Å². The predicted molar refractivity (Wildman–Crippen MR) is 90.7 cm³/mol. The van der Waals surface area contributed by atoms with Gasteiger partial charge in [0.05, 0.1) is 0 Å². The lowest BCUT2D eigenvalue weighted by Crippen LogP contribution is -2.46. The normalized spacial score (nSPS) is 15.9. The molecule has 1 aliphatic heterocycles. The van der Waals surface area contributed by atoms with Gasteiger partial charge in [0.25, 0.3) is 5.91 Å². The molecule has 5 heteroatoms. The maximum atomic E-state index is 12.5. The summed E-state index contributed by atoms with van der Waals surface area (Å²) in [4.78, 5) is 26.2. The molecule has 2 amide bonds. The third kappa shape index (κ3) is 3.72. The zero-order chi connectivity index (χ0) is 17.0. The number of aliphatic hydroxyl groups excluding tert-OH is 1. The van der Waals surface area contributed by atoms with Gasteiger partial charge in [0.2, 0.25) is 5.91 Å². The van der Waals surface area contributed by atoms with Crippen molar-refractivity contribution in [1.82, 2.24) is 5.32 Å². The molecule has 0 radical (unpaired) electrons. The lowest BCUT2D eigenvalue weighted by atomic mass is 9.94. The second-order valence-electron chi connectivity index (χ2n) is 6.33. The van der Waals surface area contributed by atoms with Gasteiger partial charge in [-0.25, -0.2) is 0 Å². The highest BCUT2D eigenvalue weighted by molar-refractivity contribution is 5.98. The predicted octanol–water partition coefficient (Wildman–Crippen LogP) is 2.27. The van der Waals surface area contributed by atoms with Gasteiger partial charge in [0, 0.05) is 36.4 Å². The molecule has 0 saturated carbocycles. The fourth-order valence-electron chi connectivity index (χ4n) is 2.91. The maximum Gasteiger partial charge on any atom is 0.251 e. The Kier molecular flexibility index (Phi) is 5.42. The lowest BCUT2D eigenvalue weighted by molar-refractivity contribution is -0.118. The van der Waals surface area contributed by atoms with Crippen molar-refractivity contribution in [2.24, 2.45) is 0 Å². The summed E-state index contributed by atoms with van der Waals surface area (Å²) in [6.07, 6.45) is 2.55. The minimum absolute atomic E-state index is 0.0445. The van der Waals surface area contributed by atoms with E-state index in [1.807, 2.05) is 32.9 Å². The summed E-state index contributed by atoms with van der Waals surface area (Å²) in [6.45, 7) is 6.52. The molecule has 1 unspecified atom stereocenters. The van der Waals surface area contributed by atoms with Crippen molar-refractivity contribution in [3.63, 3.8) is 0 Å². The Morgan fingerprint density at radius 1 is 1.35 bits per heavy atom. The highest BCUT2D eigenvalue weighted by Gasteiger charge is 2.27. The number of hydrogen-bond donors (Lipinski definition) is 2. The SMILES string of the molecule is CCC(=O)N1CCc2cc(C(=O)NC(C)(CC)CCO)ccc21. The maximum absolute atomic E-state index is 12.5. The third-order valence-corrected chi connectivity index (χ3v) is 4.70. The monoisotopic (exact) mass is 318 g/mol. The molecule has 126 valence electrons. The number of nitrogens with zero attached hydrogens (tertiary/aromatic N) is 1. The van der Waals surface area contributed by atoms with Crippen LogP contribution in [0.15, 0.2) is 18.2 Å². The van der Waals surface area contributed by atoms with E-state index in [0.29, 0.717) is 24.9 Å². The van der Waals surface area contributed by atoms with E-state index in [4.69, 9.17) is 5.11 Å². The molecular formula is C18H26N2O3. The fraction of sp³-hybridized carbons (Fsp3) is 0.556. The molecule has 1 aliphatic rings. The molecule has 23 heavy (non-hydrogen) atoms. The van der Waals surface area contributed by atoms with Crippen LogP contribution < -0.4 is 10.2 Å². The van der Waals surface area contributed by atoms with E-state index < -0.39 is 5.54 Å². The van der Waals surface area contributed by atoms with Crippen LogP contribution in [0.5, 0.6) is 0 Å². The molecule has 1 heterocycles. The molecule has 0 aliphatic carbocycles. The quantitative estimate of drug-likeness (QED) is 0.845. The number of carbonyl (C=O) groups is 2. The van der Waals surface area contributed by atoms with Crippen molar-refractivity contribution >= 4 is 17.5 Å². The Labute approximate surface area is 137 Å². The standard InChI is InChI=1S/C18H26N2O3/c1-4-16(22)20-10-8-13-12-14(6-7-15(13)20)17(23)19-18(3,5-2)9-11-21/h6-7,12,21H,4-5,8-11H2,1-3H3,(H,19,23). The van der Waals surface area contributed by atoms with Crippen LogP contribution in [0.4, 0.5) is 5.69 Å². The number of rotatable bonds is 6. The Morgan fingerprint density at radius 2 is 2.09 bits per heavy atom. The number of hydrogen-bond acceptors (Lipinski definition) is 3. The minimum atomic E-state index is -0.408. The van der Waals surface area contributed by atoms with Crippen LogP contribution in [0.2, 0.25) is 0 Å². The first-order chi connectivity index (χ1) is 10.9. The molecule has 0 fully saturated rings. The van der Waals surface area contributed by atoms with Gasteiger partial charge in [0.15, 0.2) is 0 Å². The summed E-state index contributed by atoms with van der Waals surface area (Å²) in [6, 6.07) is 5.51. The Balaban J connectivity index is 2.17. The molecule has 0 aromatic heterocycles. The number of carbonyl (C=O) groups excluding carboxylic acids is 2. The number of benzene rings is 1. The van der Waals surface area contributed by atoms with Crippen LogP contribution in [0.3, 0.4) is 0 Å². The van der Waals surface area contributed by atoms with Crippen molar-refractivity contribution in [3.05, 3.63) is 29.3 Å². The molecule has 2 rings (SSSR count). The molecule has 2 N–H and O–H groups in total. The van der Waals surface area contributed by atoms with Gasteiger partial charge in [-0.15, -0.1) is 0 Å². The Morgan fingerprint density at radius 3 is 2.70 bits per heavy atom. The van der Waals surface area contributed by atoms with Crippen LogP contribution in [0, 0.1) is 0 Å². The molecule has 0 bridgehead atoms. The minimum Gasteiger partial charge on any atom is -0.396 e. The van der Waals surface area contributed by atoms with Gasteiger partial charge in [-0.2, -0.15) is 0 Å². The number of anilines is 1. The lowest BCUT2D eigenvalue weighted by Gasteiger charge is -2.29. The summed E-state index contributed by atoms with van der Waals surface area (Å²) in [5.41, 5.74) is 2.16. The topological polar surface area (TPSA) is 69.6 Å². The fourth-order valence-corrected chi connectivity index (χ4v) is 2.91. The molecule has 1 aromatic rings. The molecule has 1 atom stereocenters. The zero-order valence-corrected chi connectivity index (χ0v) is 14.2. The second kappa shape index (κ2) is 7.13. The third-order valence-electron chi connectivity index (χ3n) is 4.70. The van der Waals surface area contributed by atoms with Gasteiger partial charge in [0.1, 0.15) is 0 Å². The smallest absolute Gasteiger partial charge is 0.251 e. The van der Waals surface area contributed by atoms with Gasteiger partial charge in [-0.3, -0.25) is 9.59 Å². The Bertz CT molecular complexity index is 600. The zero-order valence-electron chi connectivity index (χ0n) is 14.2. The van der Waals surface area contributed by atoms with Crippen LogP contribution in [-0.4, -0.2) is 35.6 Å². The summed E-state index contributed by atoms with van der Waals surface area (Å²) in [7, 11) is 0. The molecule has 0 spiro atoms. The average Bonchev–Trinajstić information content (AvgIpc) is 2.97. The van der Waals surface area contributed by atoms with Crippen molar-refractivity contribution in [2.75, 3.05) is 18.1 Å². The average molecular weight is 318 g/mol. The van der Waals surface area contributed by atoms with Gasteiger partial charge in [-0.05, 0) is 49.9 Å². The van der Waals surface area contributed by atoms with E-state index in [1.165, 1.54) is 0 Å². The molecule has 1 aromatic carbocycles. The van der Waals surface area contributed by atoms with Crippen LogP contribution in [0.1, 0.15) is 56.0 Å².